The normalized spacial score (nSPS) is 32.7. The molecule has 0 spiro atoms. The summed E-state index contributed by atoms with van der Waals surface area (Å²) < 4.78 is 5.17. The molecule has 0 amide bonds. The van der Waals surface area contributed by atoms with Gasteiger partial charge in [-0.25, -0.2) is 0 Å². The minimum absolute atomic E-state index is 0.182. The van der Waals surface area contributed by atoms with Crippen molar-refractivity contribution in [1.82, 2.24) is 4.90 Å². The number of carbonyl (C=O) groups is 1. The zero-order valence-corrected chi connectivity index (χ0v) is 11.5. The Bertz CT molecular complexity index is 291. The molecule has 0 aliphatic heterocycles. The smallest absolute Gasteiger partial charge is 0.308 e. The van der Waals surface area contributed by atoms with Crippen molar-refractivity contribution in [2.45, 2.75) is 51.1 Å². The van der Waals surface area contributed by atoms with Gasteiger partial charge in [-0.3, -0.25) is 9.69 Å². The Hall–Kier alpha value is -0.610. The van der Waals surface area contributed by atoms with Crippen LogP contribution in [0.15, 0.2) is 0 Å². The standard InChI is InChI=1S/C14H25NO3/c1-10-3-6-12(14(16)17)13(9-10)15(7-8-18-2)11-4-5-11/h10-13H,3-9H2,1-2H3,(H,16,17). The topological polar surface area (TPSA) is 49.8 Å². The third kappa shape index (κ3) is 3.23. The number of aliphatic carboxylic acids is 1. The van der Waals surface area contributed by atoms with E-state index < -0.39 is 5.97 Å². The summed E-state index contributed by atoms with van der Waals surface area (Å²) in [4.78, 5) is 13.8. The first-order valence-corrected chi connectivity index (χ1v) is 7.11. The van der Waals surface area contributed by atoms with Gasteiger partial charge in [-0.1, -0.05) is 6.92 Å². The Kier molecular flexibility index (Phi) is 4.62. The monoisotopic (exact) mass is 255 g/mol. The van der Waals surface area contributed by atoms with Gasteiger partial charge in [0.15, 0.2) is 0 Å². The van der Waals surface area contributed by atoms with E-state index in [1.54, 1.807) is 7.11 Å². The minimum Gasteiger partial charge on any atom is -0.481 e. The lowest BCUT2D eigenvalue weighted by atomic mass is 9.78. The Morgan fingerprint density at radius 3 is 2.61 bits per heavy atom. The number of carboxylic acid groups (broad SMARTS) is 1. The van der Waals surface area contributed by atoms with Crippen molar-refractivity contribution in [3.05, 3.63) is 0 Å². The molecule has 0 saturated heterocycles. The third-order valence-electron chi connectivity index (χ3n) is 4.39. The van der Waals surface area contributed by atoms with Gasteiger partial charge in [0.25, 0.3) is 0 Å². The fourth-order valence-corrected chi connectivity index (χ4v) is 3.23. The van der Waals surface area contributed by atoms with Gasteiger partial charge >= 0.3 is 5.97 Å². The van der Waals surface area contributed by atoms with E-state index in [1.165, 1.54) is 12.8 Å². The van der Waals surface area contributed by atoms with Crippen LogP contribution >= 0.6 is 0 Å². The molecule has 2 rings (SSSR count). The molecule has 2 saturated carbocycles. The van der Waals surface area contributed by atoms with E-state index in [9.17, 15) is 9.90 Å². The molecule has 4 heteroatoms. The maximum atomic E-state index is 11.4. The van der Waals surface area contributed by atoms with Crippen molar-refractivity contribution >= 4 is 5.97 Å². The Morgan fingerprint density at radius 1 is 1.33 bits per heavy atom. The predicted octanol–water partition coefficient (Wildman–Crippen LogP) is 1.99. The number of hydrogen-bond donors (Lipinski definition) is 1. The van der Waals surface area contributed by atoms with Crippen LogP contribution in [-0.4, -0.2) is 48.3 Å². The van der Waals surface area contributed by atoms with Gasteiger partial charge < -0.3 is 9.84 Å². The van der Waals surface area contributed by atoms with E-state index >= 15 is 0 Å². The van der Waals surface area contributed by atoms with Crippen LogP contribution in [0.1, 0.15) is 39.0 Å². The molecule has 0 aromatic carbocycles. The van der Waals surface area contributed by atoms with Crippen LogP contribution in [0.25, 0.3) is 0 Å². The highest BCUT2D eigenvalue weighted by molar-refractivity contribution is 5.71. The van der Waals surface area contributed by atoms with Gasteiger partial charge in [-0.2, -0.15) is 0 Å². The van der Waals surface area contributed by atoms with E-state index in [2.05, 4.69) is 11.8 Å². The van der Waals surface area contributed by atoms with Crippen molar-refractivity contribution in [1.29, 1.82) is 0 Å². The molecule has 0 radical (unpaired) electrons. The summed E-state index contributed by atoms with van der Waals surface area (Å²) in [5.41, 5.74) is 0. The SMILES string of the molecule is COCCN(C1CC1)C1CC(C)CCC1C(=O)O. The minimum atomic E-state index is -0.616. The second kappa shape index (κ2) is 6.02. The third-order valence-corrected chi connectivity index (χ3v) is 4.39. The molecule has 0 heterocycles. The quantitative estimate of drug-likeness (QED) is 0.788. The average Bonchev–Trinajstić information content (AvgIpc) is 3.13. The largest absolute Gasteiger partial charge is 0.481 e. The molecular weight excluding hydrogens is 230 g/mol. The fraction of sp³-hybridized carbons (Fsp3) is 0.929. The van der Waals surface area contributed by atoms with Crippen molar-refractivity contribution in [3.8, 4) is 0 Å². The van der Waals surface area contributed by atoms with Crippen molar-refractivity contribution in [2.75, 3.05) is 20.3 Å². The number of hydrogen-bond acceptors (Lipinski definition) is 3. The molecule has 2 aliphatic rings. The first kappa shape index (κ1) is 13.8. The number of methoxy groups -OCH3 is 1. The summed E-state index contributed by atoms with van der Waals surface area (Å²) in [6, 6.07) is 0.825. The van der Waals surface area contributed by atoms with Gasteiger partial charge in [0.1, 0.15) is 0 Å². The van der Waals surface area contributed by atoms with E-state index in [1.807, 2.05) is 0 Å². The van der Waals surface area contributed by atoms with Crippen LogP contribution < -0.4 is 0 Å². The maximum absolute atomic E-state index is 11.4. The van der Waals surface area contributed by atoms with Crippen molar-refractivity contribution in [3.63, 3.8) is 0 Å². The molecule has 4 nitrogen and oxygen atoms in total. The summed E-state index contributed by atoms with van der Waals surface area (Å²) in [6.07, 6.45) is 5.35. The lowest BCUT2D eigenvalue weighted by Crippen LogP contribution is -2.49. The molecule has 0 bridgehead atoms. The number of ether oxygens (including phenoxy) is 1. The summed E-state index contributed by atoms with van der Waals surface area (Å²) in [5, 5.41) is 9.41. The van der Waals surface area contributed by atoms with Crippen LogP contribution in [0.5, 0.6) is 0 Å². The highest BCUT2D eigenvalue weighted by atomic mass is 16.5. The van der Waals surface area contributed by atoms with E-state index in [4.69, 9.17) is 4.74 Å². The van der Waals surface area contributed by atoms with Crippen molar-refractivity contribution in [2.24, 2.45) is 11.8 Å². The van der Waals surface area contributed by atoms with Crippen LogP contribution in [-0.2, 0) is 9.53 Å². The first-order chi connectivity index (χ1) is 8.63. The lowest BCUT2D eigenvalue weighted by molar-refractivity contribution is -0.146. The highest BCUT2D eigenvalue weighted by Crippen LogP contribution is 2.38. The molecule has 18 heavy (non-hydrogen) atoms. The van der Waals surface area contributed by atoms with Gasteiger partial charge in [-0.05, 0) is 38.0 Å². The summed E-state index contributed by atoms with van der Waals surface area (Å²) in [7, 11) is 1.71. The maximum Gasteiger partial charge on any atom is 0.308 e. The van der Waals surface area contributed by atoms with Gasteiger partial charge in [0, 0.05) is 25.7 Å². The first-order valence-electron chi connectivity index (χ1n) is 7.11. The molecule has 2 aliphatic carbocycles. The average molecular weight is 255 g/mol. The summed E-state index contributed by atoms with van der Waals surface area (Å²) >= 11 is 0. The molecule has 2 fully saturated rings. The Morgan fingerprint density at radius 2 is 2.06 bits per heavy atom. The molecule has 0 aromatic heterocycles. The van der Waals surface area contributed by atoms with Crippen LogP contribution in [0.2, 0.25) is 0 Å². The number of rotatable bonds is 6. The Balaban J connectivity index is 2.05. The van der Waals surface area contributed by atoms with Crippen LogP contribution in [0, 0.1) is 11.8 Å². The van der Waals surface area contributed by atoms with Crippen LogP contribution in [0.4, 0.5) is 0 Å². The second-order valence-electron chi connectivity index (χ2n) is 5.89. The second-order valence-corrected chi connectivity index (χ2v) is 5.89. The lowest BCUT2D eigenvalue weighted by Gasteiger charge is -2.40. The van der Waals surface area contributed by atoms with E-state index in [0.717, 1.165) is 25.8 Å². The molecule has 1 N–H and O–H groups in total. The van der Waals surface area contributed by atoms with E-state index in [-0.39, 0.29) is 12.0 Å². The van der Waals surface area contributed by atoms with Crippen LogP contribution in [0.3, 0.4) is 0 Å². The number of carboxylic acids is 1. The van der Waals surface area contributed by atoms with E-state index in [0.29, 0.717) is 18.6 Å². The molecular formula is C14H25NO3. The van der Waals surface area contributed by atoms with Gasteiger partial charge in [-0.15, -0.1) is 0 Å². The number of nitrogens with zero attached hydrogens (tertiary/aromatic N) is 1. The highest BCUT2D eigenvalue weighted by Gasteiger charge is 2.42. The zero-order valence-electron chi connectivity index (χ0n) is 11.5. The van der Waals surface area contributed by atoms with Crippen molar-refractivity contribution < 1.29 is 14.6 Å². The van der Waals surface area contributed by atoms with Gasteiger partial charge in [0.2, 0.25) is 0 Å². The summed E-state index contributed by atoms with van der Waals surface area (Å²) in [5.74, 6) is -0.150. The molecule has 104 valence electrons. The summed E-state index contributed by atoms with van der Waals surface area (Å²) in [6.45, 7) is 3.82. The van der Waals surface area contributed by atoms with Gasteiger partial charge in [0.05, 0.1) is 12.5 Å². The fourth-order valence-electron chi connectivity index (χ4n) is 3.23. The zero-order chi connectivity index (χ0) is 13.1. The molecule has 3 atom stereocenters. The molecule has 0 aromatic rings. The predicted molar refractivity (Wildman–Crippen MR) is 69.5 cm³/mol. The Labute approximate surface area is 109 Å². The molecule has 3 unspecified atom stereocenters.